The second-order valence-corrected chi connectivity index (χ2v) is 10.1. The second-order valence-electron chi connectivity index (χ2n) is 8.09. The zero-order valence-electron chi connectivity index (χ0n) is 17.5. The van der Waals surface area contributed by atoms with Crippen molar-refractivity contribution < 1.29 is 22.8 Å². The van der Waals surface area contributed by atoms with E-state index in [1.54, 1.807) is 54.6 Å². The Hall–Kier alpha value is -3.78. The summed E-state index contributed by atoms with van der Waals surface area (Å²) < 4.78 is 25.7. The van der Waals surface area contributed by atoms with E-state index >= 15 is 0 Å². The Labute approximate surface area is 191 Å². The molecule has 0 saturated heterocycles. The normalized spacial score (nSPS) is 17.3. The van der Waals surface area contributed by atoms with Crippen LogP contribution in [-0.2, 0) is 21.1 Å². The van der Waals surface area contributed by atoms with E-state index in [1.165, 1.54) is 17.0 Å². The molecule has 2 aliphatic heterocycles. The third-order valence-electron chi connectivity index (χ3n) is 6.03. The van der Waals surface area contributed by atoms with E-state index in [-0.39, 0.29) is 11.4 Å². The molecule has 2 heterocycles. The molecular weight excluding hydrogens is 440 g/mol. The molecular formula is C25H20N2O5S. The van der Waals surface area contributed by atoms with E-state index in [0.717, 1.165) is 10.5 Å². The molecule has 8 heteroatoms. The lowest BCUT2D eigenvalue weighted by atomic mass is 10.1. The van der Waals surface area contributed by atoms with Crippen LogP contribution in [0.15, 0.2) is 83.8 Å². The largest absolute Gasteiger partial charge is 0.306 e. The molecule has 33 heavy (non-hydrogen) atoms. The first kappa shape index (κ1) is 21.1. The van der Waals surface area contributed by atoms with Gasteiger partial charge in [-0.3, -0.25) is 19.3 Å². The number of benzene rings is 3. The molecule has 166 valence electrons. The van der Waals surface area contributed by atoms with Gasteiger partial charge in [0.25, 0.3) is 11.8 Å². The predicted molar refractivity (Wildman–Crippen MR) is 122 cm³/mol. The zero-order valence-corrected chi connectivity index (χ0v) is 18.4. The van der Waals surface area contributed by atoms with Crippen molar-refractivity contribution in [2.75, 3.05) is 17.2 Å². The molecule has 3 aromatic carbocycles. The quantitative estimate of drug-likeness (QED) is 0.546. The average molecular weight is 461 g/mol. The van der Waals surface area contributed by atoms with Gasteiger partial charge in [-0.1, -0.05) is 48.5 Å². The fourth-order valence-corrected chi connectivity index (χ4v) is 5.71. The minimum Gasteiger partial charge on any atom is -0.306 e. The molecule has 1 atom stereocenters. The summed E-state index contributed by atoms with van der Waals surface area (Å²) in [5.74, 6) is -2.11. The topological polar surface area (TPSA) is 91.8 Å². The monoisotopic (exact) mass is 460 g/mol. The molecule has 0 N–H and O–H groups in total. The summed E-state index contributed by atoms with van der Waals surface area (Å²) in [5.41, 5.74) is 2.14. The van der Waals surface area contributed by atoms with Gasteiger partial charge in [-0.2, -0.15) is 0 Å². The highest BCUT2D eigenvalue weighted by atomic mass is 32.2. The Kier molecular flexibility index (Phi) is 5.09. The van der Waals surface area contributed by atoms with Crippen molar-refractivity contribution in [3.63, 3.8) is 0 Å². The summed E-state index contributed by atoms with van der Waals surface area (Å²) in [6.07, 6.45) is 0.417. The highest BCUT2D eigenvalue weighted by molar-refractivity contribution is 7.92. The van der Waals surface area contributed by atoms with Crippen molar-refractivity contribution in [1.29, 1.82) is 0 Å². The van der Waals surface area contributed by atoms with Gasteiger partial charge in [0.05, 0.1) is 28.6 Å². The third kappa shape index (κ3) is 3.62. The van der Waals surface area contributed by atoms with Gasteiger partial charge in [0.2, 0.25) is 5.91 Å². The number of nitrogens with zero attached hydrogens (tertiary/aromatic N) is 2. The zero-order chi connectivity index (χ0) is 23.2. The van der Waals surface area contributed by atoms with Gasteiger partial charge in [0, 0.05) is 5.69 Å². The number of rotatable bonds is 5. The maximum Gasteiger partial charge on any atom is 0.261 e. The van der Waals surface area contributed by atoms with Crippen LogP contribution in [0, 0.1) is 0 Å². The lowest BCUT2D eigenvalue weighted by Gasteiger charge is -2.28. The van der Waals surface area contributed by atoms with Crippen molar-refractivity contribution in [1.82, 2.24) is 4.90 Å². The van der Waals surface area contributed by atoms with Crippen LogP contribution in [0.2, 0.25) is 0 Å². The molecule has 0 saturated carbocycles. The first-order chi connectivity index (χ1) is 15.9. The Balaban J connectivity index is 1.44. The van der Waals surface area contributed by atoms with Gasteiger partial charge >= 0.3 is 0 Å². The highest BCUT2D eigenvalue weighted by Gasteiger charge is 2.42. The van der Waals surface area contributed by atoms with Crippen molar-refractivity contribution in [3.8, 4) is 0 Å². The van der Waals surface area contributed by atoms with Crippen molar-refractivity contribution in [2.24, 2.45) is 0 Å². The summed E-state index contributed by atoms with van der Waals surface area (Å²) in [6, 6.07) is 21.1. The van der Waals surface area contributed by atoms with E-state index in [0.29, 0.717) is 23.2 Å². The van der Waals surface area contributed by atoms with Crippen LogP contribution in [0.1, 0.15) is 26.3 Å². The first-order valence-electron chi connectivity index (χ1n) is 10.5. The molecule has 0 spiro atoms. The van der Waals surface area contributed by atoms with Crippen molar-refractivity contribution in [3.05, 3.63) is 95.6 Å². The maximum atomic E-state index is 13.3. The molecule has 0 aliphatic carbocycles. The number of carbonyl (C=O) groups excluding carboxylic acids is 3. The number of fused-ring (bicyclic) bond motifs is 2. The van der Waals surface area contributed by atoms with Crippen LogP contribution in [-0.4, -0.2) is 49.4 Å². The lowest BCUT2D eigenvalue weighted by molar-refractivity contribution is -0.116. The average Bonchev–Trinajstić information content (AvgIpc) is 3.30. The smallest absolute Gasteiger partial charge is 0.261 e. The van der Waals surface area contributed by atoms with E-state index in [1.807, 2.05) is 12.1 Å². The Morgan fingerprint density at radius 3 is 2.06 bits per heavy atom. The molecule has 0 bridgehead atoms. The van der Waals surface area contributed by atoms with Crippen LogP contribution in [0.3, 0.4) is 0 Å². The summed E-state index contributed by atoms with van der Waals surface area (Å²) in [6.45, 7) is -0.0157. The molecule has 0 fully saturated rings. The van der Waals surface area contributed by atoms with Crippen LogP contribution in [0.25, 0.3) is 0 Å². The summed E-state index contributed by atoms with van der Waals surface area (Å²) in [4.78, 5) is 41.7. The van der Waals surface area contributed by atoms with Gasteiger partial charge in [0.1, 0.15) is 5.75 Å². The maximum absolute atomic E-state index is 13.3. The van der Waals surface area contributed by atoms with E-state index in [2.05, 4.69) is 0 Å². The number of amides is 3. The number of hydrogen-bond acceptors (Lipinski definition) is 5. The Bertz CT molecular complexity index is 1350. The van der Waals surface area contributed by atoms with Crippen LogP contribution in [0.5, 0.6) is 0 Å². The summed E-state index contributed by atoms with van der Waals surface area (Å²) >= 11 is 0. The SMILES string of the molecule is O=C1c2ccccc2C(=O)N1CC1Cc2ccccc2N1C(=O)CS(=O)(=O)c1ccccc1. The first-order valence-corrected chi connectivity index (χ1v) is 12.1. The van der Waals surface area contributed by atoms with Crippen LogP contribution < -0.4 is 4.90 Å². The summed E-state index contributed by atoms with van der Waals surface area (Å²) in [7, 11) is -3.85. The number of para-hydroxylation sites is 1. The number of sulfone groups is 1. The van der Waals surface area contributed by atoms with E-state index in [9.17, 15) is 22.8 Å². The minimum absolute atomic E-state index is 0.0157. The number of anilines is 1. The molecule has 3 aromatic rings. The molecule has 0 radical (unpaired) electrons. The summed E-state index contributed by atoms with van der Waals surface area (Å²) in [5, 5.41) is 0. The fraction of sp³-hybridized carbons (Fsp3) is 0.160. The van der Waals surface area contributed by atoms with Crippen LogP contribution in [0.4, 0.5) is 5.69 Å². The molecule has 1 unspecified atom stereocenters. The fourth-order valence-electron chi connectivity index (χ4n) is 4.50. The van der Waals surface area contributed by atoms with Crippen LogP contribution >= 0.6 is 0 Å². The number of hydrogen-bond donors (Lipinski definition) is 0. The predicted octanol–water partition coefficient (Wildman–Crippen LogP) is 2.71. The second kappa shape index (κ2) is 7.97. The molecule has 2 aliphatic rings. The van der Waals surface area contributed by atoms with Gasteiger partial charge < -0.3 is 4.90 Å². The number of imide groups is 1. The van der Waals surface area contributed by atoms with E-state index < -0.39 is 39.4 Å². The van der Waals surface area contributed by atoms with Crippen molar-refractivity contribution >= 4 is 33.2 Å². The highest BCUT2D eigenvalue weighted by Crippen LogP contribution is 2.34. The molecule has 5 rings (SSSR count). The third-order valence-corrected chi connectivity index (χ3v) is 7.65. The number of carbonyl (C=O) groups is 3. The minimum atomic E-state index is -3.85. The lowest BCUT2D eigenvalue weighted by Crippen LogP contribution is -2.48. The Morgan fingerprint density at radius 2 is 1.39 bits per heavy atom. The molecule has 3 amide bonds. The van der Waals surface area contributed by atoms with Gasteiger partial charge in [-0.25, -0.2) is 8.42 Å². The van der Waals surface area contributed by atoms with E-state index in [4.69, 9.17) is 0 Å². The molecule has 0 aromatic heterocycles. The standard InChI is InChI=1S/C25H20N2O5S/c28-23(16-33(31,32)19-9-2-1-3-10-19)27-18(14-17-8-4-7-13-22(17)27)15-26-24(29)20-11-5-6-12-21(20)25(26)30/h1-13,18H,14-16H2. The van der Waals surface area contributed by atoms with Gasteiger partial charge in [-0.15, -0.1) is 0 Å². The van der Waals surface area contributed by atoms with Gasteiger partial charge in [0.15, 0.2) is 9.84 Å². The van der Waals surface area contributed by atoms with Gasteiger partial charge in [-0.05, 0) is 42.3 Å². The Morgan fingerprint density at radius 1 is 0.818 bits per heavy atom. The molecule has 7 nitrogen and oxygen atoms in total. The van der Waals surface area contributed by atoms with Crippen molar-refractivity contribution in [2.45, 2.75) is 17.4 Å².